The molecule has 3 atom stereocenters. The summed E-state index contributed by atoms with van der Waals surface area (Å²) in [6.07, 6.45) is 8.17. The summed E-state index contributed by atoms with van der Waals surface area (Å²) in [6.45, 7) is 2.74. The summed E-state index contributed by atoms with van der Waals surface area (Å²) in [4.78, 5) is 11.9. The minimum absolute atomic E-state index is 0.0227. The number of amides is 1. The second-order valence-electron chi connectivity index (χ2n) is 4.52. The van der Waals surface area contributed by atoms with Crippen LogP contribution in [0.5, 0.6) is 0 Å². The number of nitrogens with one attached hydrogen (secondary N) is 1. The zero-order valence-corrected chi connectivity index (χ0v) is 11.0. The topological polar surface area (TPSA) is 38.3 Å². The summed E-state index contributed by atoms with van der Waals surface area (Å²) in [5.41, 5.74) is 1.77. The molecule has 1 N–H and O–H groups in total. The number of alkyl halides is 1. The summed E-state index contributed by atoms with van der Waals surface area (Å²) in [7, 11) is 0. The van der Waals surface area contributed by atoms with E-state index in [1.165, 1.54) is 0 Å². The van der Waals surface area contributed by atoms with Crippen molar-refractivity contribution in [3.8, 4) is 0 Å². The number of allylic oxidation sites excluding steroid dienone is 2. The first-order valence-corrected chi connectivity index (χ1v) is 6.39. The number of rotatable bonds is 0. The van der Waals surface area contributed by atoms with Crippen molar-refractivity contribution in [2.75, 3.05) is 6.61 Å². The van der Waals surface area contributed by atoms with Gasteiger partial charge in [-0.1, -0.05) is 46.9 Å². The van der Waals surface area contributed by atoms with Crippen LogP contribution < -0.4 is 5.32 Å². The molecule has 1 amide bonds. The lowest BCUT2D eigenvalue weighted by Gasteiger charge is -2.41. The first-order chi connectivity index (χ1) is 7.57. The van der Waals surface area contributed by atoms with Gasteiger partial charge in [-0.25, -0.2) is 0 Å². The van der Waals surface area contributed by atoms with E-state index in [9.17, 15) is 4.79 Å². The molecule has 2 heterocycles. The van der Waals surface area contributed by atoms with Crippen molar-refractivity contribution in [3.63, 3.8) is 0 Å². The molecule has 1 fully saturated rings. The van der Waals surface area contributed by atoms with Crippen LogP contribution in [-0.2, 0) is 9.53 Å². The second-order valence-corrected chi connectivity index (χ2v) is 6.85. The molecular weight excluding hydrogens is 317 g/mol. The molecule has 1 aliphatic carbocycles. The number of halogens is 1. The van der Waals surface area contributed by atoms with Crippen LogP contribution in [0.2, 0.25) is 0 Å². The molecule has 16 heavy (non-hydrogen) atoms. The van der Waals surface area contributed by atoms with Crippen molar-refractivity contribution >= 4 is 28.5 Å². The maximum absolute atomic E-state index is 11.9. The van der Waals surface area contributed by atoms with Gasteiger partial charge in [0.05, 0.1) is 16.1 Å². The minimum Gasteiger partial charge on any atom is -0.369 e. The van der Waals surface area contributed by atoms with Crippen molar-refractivity contribution in [2.45, 2.75) is 22.5 Å². The van der Waals surface area contributed by atoms with E-state index in [4.69, 9.17) is 4.74 Å². The summed E-state index contributed by atoms with van der Waals surface area (Å²) in [5, 5.41) is 2.96. The number of carbonyl (C=O) groups is 1. The first-order valence-electron chi connectivity index (χ1n) is 5.31. The Balaban J connectivity index is 2.07. The third-order valence-corrected chi connectivity index (χ3v) is 3.88. The van der Waals surface area contributed by atoms with E-state index in [1.54, 1.807) is 0 Å². The minimum atomic E-state index is -0.0331. The van der Waals surface area contributed by atoms with Gasteiger partial charge in [0.2, 0.25) is 0 Å². The van der Waals surface area contributed by atoms with Gasteiger partial charge in [-0.15, -0.1) is 0 Å². The van der Waals surface area contributed by atoms with Gasteiger partial charge in [0.15, 0.2) is 0 Å². The quantitative estimate of drug-likeness (QED) is 0.540. The standard InChI is InChI=1S/C12H12INO2/c1-12(13)4-2-7-8(3-5-12)11(15)14-9-6-16-10(7)9/h2-5,9-10H,6H2,1H3,(H,14,15). The molecule has 3 rings (SSSR count). The fourth-order valence-corrected chi connectivity index (χ4v) is 2.51. The average Bonchev–Trinajstić information content (AvgIpc) is 2.32. The SMILES string of the molecule is CC1(I)C=CC2=C(C=C1)C1OCC1NC2=O. The van der Waals surface area contributed by atoms with Gasteiger partial charge in [-0.05, 0) is 12.5 Å². The Morgan fingerprint density at radius 3 is 2.94 bits per heavy atom. The highest BCUT2D eigenvalue weighted by Gasteiger charge is 2.41. The van der Waals surface area contributed by atoms with Gasteiger partial charge in [0, 0.05) is 5.57 Å². The second kappa shape index (κ2) is 3.43. The molecule has 0 radical (unpaired) electrons. The summed E-state index contributed by atoms with van der Waals surface area (Å²) in [6, 6.07) is 0.169. The van der Waals surface area contributed by atoms with Crippen molar-refractivity contribution in [1.29, 1.82) is 0 Å². The van der Waals surface area contributed by atoms with Crippen LogP contribution >= 0.6 is 22.6 Å². The van der Waals surface area contributed by atoms with Gasteiger partial charge in [0.25, 0.3) is 5.91 Å². The molecule has 0 aromatic rings. The third kappa shape index (κ3) is 1.55. The van der Waals surface area contributed by atoms with E-state index in [-0.39, 0.29) is 21.5 Å². The van der Waals surface area contributed by atoms with E-state index in [0.29, 0.717) is 6.61 Å². The summed E-state index contributed by atoms with van der Waals surface area (Å²) < 4.78 is 5.48. The Morgan fingerprint density at radius 1 is 1.50 bits per heavy atom. The molecule has 2 aliphatic heterocycles. The van der Waals surface area contributed by atoms with E-state index >= 15 is 0 Å². The van der Waals surface area contributed by atoms with E-state index in [0.717, 1.165) is 11.1 Å². The number of fused-ring (bicyclic) bond motifs is 2. The van der Waals surface area contributed by atoms with Crippen LogP contribution in [0.3, 0.4) is 0 Å². The van der Waals surface area contributed by atoms with Crippen molar-refractivity contribution in [2.24, 2.45) is 0 Å². The molecule has 84 valence electrons. The van der Waals surface area contributed by atoms with Crippen LogP contribution in [0, 0.1) is 0 Å². The van der Waals surface area contributed by atoms with Crippen molar-refractivity contribution in [1.82, 2.24) is 5.32 Å². The number of hydrogen-bond acceptors (Lipinski definition) is 2. The molecule has 3 unspecified atom stereocenters. The van der Waals surface area contributed by atoms with Gasteiger partial charge < -0.3 is 10.1 Å². The normalized spacial score (nSPS) is 40.8. The molecule has 0 bridgehead atoms. The molecule has 1 saturated heterocycles. The maximum atomic E-state index is 11.9. The highest BCUT2D eigenvalue weighted by molar-refractivity contribution is 14.1. The van der Waals surface area contributed by atoms with Crippen molar-refractivity contribution < 1.29 is 9.53 Å². The van der Waals surface area contributed by atoms with Gasteiger partial charge in [0.1, 0.15) is 6.10 Å². The highest BCUT2D eigenvalue weighted by Crippen LogP contribution is 2.34. The Hall–Kier alpha value is -0.620. The largest absolute Gasteiger partial charge is 0.369 e. The Kier molecular flexibility index (Phi) is 2.26. The van der Waals surface area contributed by atoms with E-state index < -0.39 is 0 Å². The lowest BCUT2D eigenvalue weighted by molar-refractivity contribution is -0.128. The van der Waals surface area contributed by atoms with Gasteiger partial charge >= 0.3 is 0 Å². The fourth-order valence-electron chi connectivity index (χ4n) is 2.15. The van der Waals surface area contributed by atoms with Gasteiger partial charge in [-0.2, -0.15) is 0 Å². The zero-order valence-electron chi connectivity index (χ0n) is 8.87. The van der Waals surface area contributed by atoms with Crippen LogP contribution in [0.4, 0.5) is 0 Å². The molecule has 0 aromatic carbocycles. The molecule has 0 spiro atoms. The molecule has 0 saturated carbocycles. The molecule has 0 aromatic heterocycles. The Bertz CT molecular complexity index is 448. The summed E-state index contributed by atoms with van der Waals surface area (Å²) in [5.74, 6) is 0.0227. The number of ether oxygens (including phenoxy) is 1. The monoisotopic (exact) mass is 329 g/mol. The lowest BCUT2D eigenvalue weighted by atomic mass is 9.89. The Labute approximate surface area is 108 Å². The molecule has 4 heteroatoms. The molecular formula is C12H12INO2. The van der Waals surface area contributed by atoms with E-state index in [1.807, 2.05) is 18.2 Å². The van der Waals surface area contributed by atoms with Crippen LogP contribution in [0.15, 0.2) is 35.5 Å². The van der Waals surface area contributed by atoms with Crippen LogP contribution in [0.1, 0.15) is 6.92 Å². The third-order valence-electron chi connectivity index (χ3n) is 3.16. The molecule has 3 nitrogen and oxygen atoms in total. The predicted octanol–water partition coefficient (Wildman–Crippen LogP) is 1.50. The zero-order chi connectivity index (χ0) is 11.3. The van der Waals surface area contributed by atoms with Crippen LogP contribution in [-0.4, -0.2) is 28.1 Å². The lowest BCUT2D eigenvalue weighted by Crippen LogP contribution is -2.60. The van der Waals surface area contributed by atoms with Crippen LogP contribution in [0.25, 0.3) is 0 Å². The predicted molar refractivity (Wildman–Crippen MR) is 69.4 cm³/mol. The molecule has 3 aliphatic rings. The highest BCUT2D eigenvalue weighted by atomic mass is 127. The van der Waals surface area contributed by atoms with Gasteiger partial charge in [-0.3, -0.25) is 4.79 Å². The van der Waals surface area contributed by atoms with E-state index in [2.05, 4.69) is 40.9 Å². The Morgan fingerprint density at radius 2 is 2.25 bits per heavy atom. The van der Waals surface area contributed by atoms with Crippen molar-refractivity contribution in [3.05, 3.63) is 35.5 Å². The number of hydrogen-bond donors (Lipinski definition) is 1. The fraction of sp³-hybridized carbons (Fsp3) is 0.417. The average molecular weight is 329 g/mol. The smallest absolute Gasteiger partial charge is 0.252 e. The summed E-state index contributed by atoms with van der Waals surface area (Å²) >= 11 is 2.35. The maximum Gasteiger partial charge on any atom is 0.252 e. The number of carbonyl (C=O) groups excluding carboxylic acids is 1. The first kappa shape index (κ1) is 10.5.